The Labute approximate surface area is 120 Å². The molecule has 1 N–H and O–H groups in total. The predicted molar refractivity (Wildman–Crippen MR) is 79.1 cm³/mol. The van der Waals surface area contributed by atoms with Crippen LogP contribution in [0.2, 0.25) is 0 Å². The van der Waals surface area contributed by atoms with Gasteiger partial charge in [-0.15, -0.1) is 0 Å². The molecule has 1 aromatic carbocycles. The molecule has 2 aromatic rings. The van der Waals surface area contributed by atoms with Gasteiger partial charge in [-0.1, -0.05) is 26.0 Å². The molecule has 0 aliphatic heterocycles. The fraction of sp³-hybridized carbons (Fsp3) is 0.412. The van der Waals surface area contributed by atoms with E-state index in [0.29, 0.717) is 12.0 Å². The molecule has 0 radical (unpaired) electrons. The second kappa shape index (κ2) is 7.25. The van der Waals surface area contributed by atoms with Crippen molar-refractivity contribution in [3.63, 3.8) is 0 Å². The zero-order valence-corrected chi connectivity index (χ0v) is 12.1. The number of nitrogens with one attached hydrogen (secondary N) is 1. The van der Waals surface area contributed by atoms with Gasteiger partial charge >= 0.3 is 0 Å². The summed E-state index contributed by atoms with van der Waals surface area (Å²) in [7, 11) is 0. The van der Waals surface area contributed by atoms with Gasteiger partial charge in [0.25, 0.3) is 0 Å². The van der Waals surface area contributed by atoms with Crippen LogP contribution in [0, 0.1) is 11.7 Å². The van der Waals surface area contributed by atoms with Crippen molar-refractivity contribution in [2.24, 2.45) is 5.92 Å². The van der Waals surface area contributed by atoms with E-state index in [2.05, 4.69) is 19.2 Å². The molecule has 1 aromatic heterocycles. The maximum atomic E-state index is 13.0. The summed E-state index contributed by atoms with van der Waals surface area (Å²) < 4.78 is 18.1. The number of hydrogen-bond donors (Lipinski definition) is 1. The predicted octanol–water partition coefficient (Wildman–Crippen LogP) is 3.82. The maximum absolute atomic E-state index is 13.0. The lowest BCUT2D eigenvalue weighted by molar-refractivity contribution is 0.442. The van der Waals surface area contributed by atoms with Crippen LogP contribution in [0.1, 0.15) is 25.0 Å². The third-order valence-corrected chi connectivity index (χ3v) is 3.36. The molecule has 20 heavy (non-hydrogen) atoms. The Bertz CT molecular complexity index is 490. The third kappa shape index (κ3) is 4.82. The van der Waals surface area contributed by atoms with Gasteiger partial charge in [0.1, 0.15) is 5.82 Å². The van der Waals surface area contributed by atoms with E-state index in [1.165, 1.54) is 23.3 Å². The molecular formula is C17H22FNO. The molecule has 0 saturated heterocycles. The van der Waals surface area contributed by atoms with Crippen LogP contribution >= 0.6 is 0 Å². The van der Waals surface area contributed by atoms with Crippen molar-refractivity contribution in [3.8, 4) is 0 Å². The summed E-state index contributed by atoms with van der Waals surface area (Å²) in [6.07, 6.45) is 5.41. The van der Waals surface area contributed by atoms with Crippen LogP contribution in [0.25, 0.3) is 0 Å². The molecule has 2 nitrogen and oxygen atoms in total. The van der Waals surface area contributed by atoms with Crippen LogP contribution in [0.5, 0.6) is 0 Å². The van der Waals surface area contributed by atoms with Crippen LogP contribution < -0.4 is 5.32 Å². The first-order chi connectivity index (χ1) is 9.63. The quantitative estimate of drug-likeness (QED) is 0.831. The van der Waals surface area contributed by atoms with Crippen molar-refractivity contribution in [3.05, 3.63) is 59.8 Å². The Hall–Kier alpha value is -1.61. The lowest BCUT2D eigenvalue weighted by atomic mass is 9.93. The first-order valence-corrected chi connectivity index (χ1v) is 7.12. The first kappa shape index (κ1) is 14.8. The van der Waals surface area contributed by atoms with Gasteiger partial charge in [0.15, 0.2) is 0 Å². The standard InChI is InChI=1S/C17H22FNO/c1-13(2)19-11-16(10-15-7-8-20-12-15)9-14-3-5-17(18)6-4-14/h3-8,12-13,16,19H,9-11H2,1-2H3. The zero-order valence-electron chi connectivity index (χ0n) is 12.1. The van der Waals surface area contributed by atoms with Crippen molar-refractivity contribution >= 4 is 0 Å². The number of rotatable bonds is 7. The van der Waals surface area contributed by atoms with Crippen LogP contribution in [-0.2, 0) is 12.8 Å². The SMILES string of the molecule is CC(C)NCC(Cc1ccc(F)cc1)Cc1ccoc1. The second-order valence-corrected chi connectivity index (χ2v) is 5.60. The van der Waals surface area contributed by atoms with Crippen molar-refractivity contribution in [2.75, 3.05) is 6.54 Å². The molecule has 2 rings (SSSR count). The summed E-state index contributed by atoms with van der Waals surface area (Å²) in [5, 5.41) is 3.48. The van der Waals surface area contributed by atoms with Crippen molar-refractivity contribution in [1.29, 1.82) is 0 Å². The maximum Gasteiger partial charge on any atom is 0.123 e. The fourth-order valence-corrected chi connectivity index (χ4v) is 2.31. The van der Waals surface area contributed by atoms with E-state index < -0.39 is 0 Å². The van der Waals surface area contributed by atoms with E-state index in [4.69, 9.17) is 4.42 Å². The number of benzene rings is 1. The average molecular weight is 275 g/mol. The fourth-order valence-electron chi connectivity index (χ4n) is 2.31. The van der Waals surface area contributed by atoms with E-state index in [1.807, 2.05) is 18.2 Å². The van der Waals surface area contributed by atoms with Crippen LogP contribution in [0.3, 0.4) is 0 Å². The molecule has 1 heterocycles. The Kier molecular flexibility index (Phi) is 5.36. The lowest BCUT2D eigenvalue weighted by Crippen LogP contribution is -2.31. The highest BCUT2D eigenvalue weighted by Crippen LogP contribution is 2.15. The first-order valence-electron chi connectivity index (χ1n) is 7.12. The van der Waals surface area contributed by atoms with Gasteiger partial charge in [-0.3, -0.25) is 0 Å². The summed E-state index contributed by atoms with van der Waals surface area (Å²) in [6, 6.07) is 9.27. The Morgan fingerprint density at radius 2 is 1.75 bits per heavy atom. The summed E-state index contributed by atoms with van der Waals surface area (Å²) in [4.78, 5) is 0. The van der Waals surface area contributed by atoms with Crippen LogP contribution in [-0.4, -0.2) is 12.6 Å². The van der Waals surface area contributed by atoms with Gasteiger partial charge in [0.2, 0.25) is 0 Å². The van der Waals surface area contributed by atoms with Crippen LogP contribution in [0.15, 0.2) is 47.3 Å². The van der Waals surface area contributed by atoms with Crippen molar-refractivity contribution in [1.82, 2.24) is 5.32 Å². The van der Waals surface area contributed by atoms with Crippen molar-refractivity contribution in [2.45, 2.75) is 32.7 Å². The molecule has 3 heteroatoms. The van der Waals surface area contributed by atoms with E-state index in [0.717, 1.165) is 19.4 Å². The Morgan fingerprint density at radius 3 is 2.35 bits per heavy atom. The van der Waals surface area contributed by atoms with Crippen molar-refractivity contribution < 1.29 is 8.81 Å². The largest absolute Gasteiger partial charge is 0.472 e. The molecule has 0 saturated carbocycles. The smallest absolute Gasteiger partial charge is 0.123 e. The molecule has 0 aliphatic carbocycles. The molecular weight excluding hydrogens is 253 g/mol. The highest BCUT2D eigenvalue weighted by molar-refractivity contribution is 5.17. The summed E-state index contributed by atoms with van der Waals surface area (Å²) in [5.41, 5.74) is 2.38. The van der Waals surface area contributed by atoms with Gasteiger partial charge in [-0.25, -0.2) is 4.39 Å². The zero-order chi connectivity index (χ0) is 14.4. The van der Waals surface area contributed by atoms with Gasteiger partial charge in [0, 0.05) is 6.04 Å². The molecule has 1 atom stereocenters. The summed E-state index contributed by atoms with van der Waals surface area (Å²) in [6.45, 7) is 5.24. The third-order valence-electron chi connectivity index (χ3n) is 3.36. The van der Waals surface area contributed by atoms with E-state index >= 15 is 0 Å². The van der Waals surface area contributed by atoms with Crippen LogP contribution in [0.4, 0.5) is 4.39 Å². The summed E-state index contributed by atoms with van der Waals surface area (Å²) in [5.74, 6) is 0.293. The Morgan fingerprint density at radius 1 is 1.05 bits per heavy atom. The normalized spacial score (nSPS) is 12.8. The highest BCUT2D eigenvalue weighted by atomic mass is 19.1. The monoisotopic (exact) mass is 275 g/mol. The van der Waals surface area contributed by atoms with Gasteiger partial charge in [-0.2, -0.15) is 0 Å². The molecule has 0 amide bonds. The minimum Gasteiger partial charge on any atom is -0.472 e. The summed E-state index contributed by atoms with van der Waals surface area (Å²) >= 11 is 0. The van der Waals surface area contributed by atoms with Gasteiger partial charge in [-0.05, 0) is 54.6 Å². The second-order valence-electron chi connectivity index (χ2n) is 5.60. The van der Waals surface area contributed by atoms with E-state index in [1.54, 1.807) is 12.5 Å². The average Bonchev–Trinajstić information content (AvgIpc) is 2.91. The minimum absolute atomic E-state index is 0.180. The number of furan rings is 1. The number of halogens is 1. The van der Waals surface area contributed by atoms with Gasteiger partial charge in [0.05, 0.1) is 12.5 Å². The number of hydrogen-bond acceptors (Lipinski definition) is 2. The molecule has 1 unspecified atom stereocenters. The molecule has 108 valence electrons. The molecule has 0 aliphatic rings. The highest BCUT2D eigenvalue weighted by Gasteiger charge is 2.12. The minimum atomic E-state index is -0.180. The van der Waals surface area contributed by atoms with E-state index in [9.17, 15) is 4.39 Å². The molecule has 0 fully saturated rings. The van der Waals surface area contributed by atoms with E-state index in [-0.39, 0.29) is 5.82 Å². The van der Waals surface area contributed by atoms with Gasteiger partial charge < -0.3 is 9.73 Å². The topological polar surface area (TPSA) is 25.2 Å². The Balaban J connectivity index is 1.99. The molecule has 0 spiro atoms. The lowest BCUT2D eigenvalue weighted by Gasteiger charge is -2.19. The molecule has 0 bridgehead atoms.